The number of pyridine rings is 2. The Labute approximate surface area is 311 Å². The van der Waals surface area contributed by atoms with Gasteiger partial charge in [0.2, 0.25) is 0 Å². The number of nitrogens with zero attached hydrogens (tertiary/aromatic N) is 2. The molecule has 0 aliphatic rings. The van der Waals surface area contributed by atoms with Crippen molar-refractivity contribution in [2.75, 3.05) is 0 Å². The molecule has 5 heteroatoms. The second-order valence-corrected chi connectivity index (χ2v) is 13.2. The maximum absolute atomic E-state index is 6.54. The molecule has 0 saturated heterocycles. The zero-order valence-electron chi connectivity index (χ0n) is 29.2. The average molecular weight is 841 g/mol. The van der Waals surface area contributed by atoms with E-state index < -0.39 is 0 Å². The summed E-state index contributed by atoms with van der Waals surface area (Å²) in [7, 11) is 0. The summed E-state index contributed by atoms with van der Waals surface area (Å²) in [4.78, 5) is 9.07. The van der Waals surface area contributed by atoms with Gasteiger partial charge in [0.25, 0.3) is 0 Å². The molecule has 9 aromatic rings. The summed E-state index contributed by atoms with van der Waals surface area (Å²) in [6, 6.07) is 43.6. The summed E-state index contributed by atoms with van der Waals surface area (Å²) in [5.74, 6) is 0.224. The minimum Gasteiger partial charge on any atom is -0.456 e. The number of benzene rings is 5. The third kappa shape index (κ3) is 6.29. The van der Waals surface area contributed by atoms with Crippen LogP contribution in [0.1, 0.15) is 42.0 Å². The third-order valence-corrected chi connectivity index (χ3v) is 9.41. The van der Waals surface area contributed by atoms with Crippen molar-refractivity contribution in [2.24, 2.45) is 0 Å². The molecule has 0 aliphatic carbocycles. The molecule has 253 valence electrons. The molecule has 0 aliphatic heterocycles. The van der Waals surface area contributed by atoms with Crippen LogP contribution in [0.2, 0.25) is 0 Å². The maximum atomic E-state index is 6.54. The van der Waals surface area contributed by atoms with Gasteiger partial charge in [-0.25, -0.2) is 0 Å². The molecule has 4 aromatic heterocycles. The van der Waals surface area contributed by atoms with Crippen molar-refractivity contribution >= 4 is 43.9 Å². The number of aryl methyl sites for hydroxylation is 3. The van der Waals surface area contributed by atoms with Crippen molar-refractivity contribution in [3.8, 4) is 33.6 Å². The Morgan fingerprint density at radius 2 is 1.25 bits per heavy atom. The largest absolute Gasteiger partial charge is 0.456 e. The van der Waals surface area contributed by atoms with E-state index in [1.54, 1.807) is 0 Å². The van der Waals surface area contributed by atoms with Crippen LogP contribution in [-0.4, -0.2) is 9.97 Å². The molecule has 0 bridgehead atoms. The van der Waals surface area contributed by atoms with E-state index in [2.05, 4.69) is 111 Å². The molecular weight excluding hydrogens is 805 g/mol. The van der Waals surface area contributed by atoms with E-state index in [0.29, 0.717) is 0 Å². The molecule has 51 heavy (non-hydrogen) atoms. The topological polar surface area (TPSA) is 52.1 Å². The molecule has 0 fully saturated rings. The van der Waals surface area contributed by atoms with Gasteiger partial charge in [0.15, 0.2) is 0 Å². The number of furan rings is 2. The summed E-state index contributed by atoms with van der Waals surface area (Å²) >= 11 is 0. The van der Waals surface area contributed by atoms with E-state index in [9.17, 15) is 0 Å². The van der Waals surface area contributed by atoms with E-state index in [-0.39, 0.29) is 26.0 Å². The first kappa shape index (κ1) is 34.1. The first-order chi connectivity index (χ1) is 24.4. The average Bonchev–Trinajstić information content (AvgIpc) is 3.71. The Morgan fingerprint density at radius 1 is 0.627 bits per heavy atom. The van der Waals surface area contributed by atoms with Gasteiger partial charge in [0, 0.05) is 65.2 Å². The smallest absolute Gasteiger partial charge is 0.143 e. The molecule has 0 saturated carbocycles. The van der Waals surface area contributed by atoms with Crippen molar-refractivity contribution in [3.63, 3.8) is 0 Å². The van der Waals surface area contributed by atoms with Crippen molar-refractivity contribution < 1.29 is 28.9 Å². The molecule has 4 nitrogen and oxygen atoms in total. The van der Waals surface area contributed by atoms with E-state index in [1.165, 1.54) is 16.7 Å². The Balaban J connectivity index is 0.000000214. The van der Waals surface area contributed by atoms with Crippen LogP contribution in [-0.2, 0) is 20.1 Å². The second-order valence-electron chi connectivity index (χ2n) is 13.2. The van der Waals surface area contributed by atoms with E-state index in [4.69, 9.17) is 8.83 Å². The van der Waals surface area contributed by atoms with Gasteiger partial charge in [-0.3, -0.25) is 0 Å². The first-order valence-electron chi connectivity index (χ1n) is 17.0. The van der Waals surface area contributed by atoms with Gasteiger partial charge >= 0.3 is 0 Å². The first-order valence-corrected chi connectivity index (χ1v) is 17.0. The summed E-state index contributed by atoms with van der Waals surface area (Å²) in [6.45, 7) is 10.6. The quantitative estimate of drug-likeness (QED) is 0.166. The van der Waals surface area contributed by atoms with Crippen LogP contribution >= 0.6 is 0 Å². The van der Waals surface area contributed by atoms with E-state index >= 15 is 0 Å². The van der Waals surface area contributed by atoms with E-state index in [1.807, 2.05) is 67.0 Å². The maximum Gasteiger partial charge on any atom is 0.143 e. The minimum atomic E-state index is 0. The number of aromatic nitrogens is 2. The van der Waals surface area contributed by atoms with Crippen LogP contribution in [0.5, 0.6) is 0 Å². The molecule has 1 radical (unpaired) electrons. The Morgan fingerprint density at radius 3 is 1.84 bits per heavy atom. The normalized spacial score (nSPS) is 11.3. The zero-order valence-corrected chi connectivity index (χ0v) is 31.6. The SMILES string of the molecule is CC(C)c1c2oc3ccccc3c2c(-c2ccnc(-c3[c-]cccc3)c2)c2c1oc1ccccc12.Cc1c[c-]c(-c2cc(C)c(C)cn2)cc1.[Ir]. The van der Waals surface area contributed by atoms with Crippen LogP contribution in [0.15, 0.2) is 130 Å². The fourth-order valence-corrected chi connectivity index (χ4v) is 6.73. The fourth-order valence-electron chi connectivity index (χ4n) is 6.73. The van der Waals surface area contributed by atoms with Gasteiger partial charge in [-0.1, -0.05) is 74.9 Å². The number of hydrogen-bond acceptors (Lipinski definition) is 4. The predicted molar refractivity (Wildman–Crippen MR) is 205 cm³/mol. The van der Waals surface area contributed by atoms with Crippen LogP contribution in [0.25, 0.3) is 77.5 Å². The van der Waals surface area contributed by atoms with Crippen LogP contribution in [0, 0.1) is 32.9 Å². The van der Waals surface area contributed by atoms with Crippen LogP contribution in [0.4, 0.5) is 0 Å². The van der Waals surface area contributed by atoms with Crippen molar-refractivity contribution in [1.82, 2.24) is 9.97 Å². The molecule has 0 amide bonds. The van der Waals surface area contributed by atoms with Gasteiger partial charge in [-0.15, -0.1) is 71.3 Å². The monoisotopic (exact) mass is 841 g/mol. The van der Waals surface area contributed by atoms with Gasteiger partial charge < -0.3 is 18.8 Å². The molecule has 5 aromatic carbocycles. The molecule has 0 N–H and O–H groups in total. The minimum absolute atomic E-state index is 0. The number of para-hydroxylation sites is 2. The van der Waals surface area contributed by atoms with Gasteiger partial charge in [-0.05, 0) is 60.5 Å². The van der Waals surface area contributed by atoms with Gasteiger partial charge in [-0.2, -0.15) is 0 Å². The van der Waals surface area contributed by atoms with Gasteiger partial charge in [0.05, 0.1) is 0 Å². The zero-order chi connectivity index (χ0) is 34.4. The molecule has 4 heterocycles. The fraction of sp³-hybridized carbons (Fsp3) is 0.130. The van der Waals surface area contributed by atoms with Crippen molar-refractivity contribution in [3.05, 3.63) is 156 Å². The molecule has 9 rings (SSSR count). The summed E-state index contributed by atoms with van der Waals surface area (Å²) in [5.41, 5.74) is 14.5. The van der Waals surface area contributed by atoms with Crippen molar-refractivity contribution in [2.45, 2.75) is 40.5 Å². The predicted octanol–water partition coefficient (Wildman–Crippen LogP) is 12.6. The molecular formula is C46H36IrN2O2-2. The summed E-state index contributed by atoms with van der Waals surface area (Å²) in [6.07, 6.45) is 3.79. The summed E-state index contributed by atoms with van der Waals surface area (Å²) in [5, 5.41) is 4.46. The van der Waals surface area contributed by atoms with Crippen LogP contribution < -0.4 is 0 Å². The Hall–Kier alpha value is -5.35. The Bertz CT molecular complexity index is 2560. The summed E-state index contributed by atoms with van der Waals surface area (Å²) < 4.78 is 13.1. The Kier molecular flexibility index (Phi) is 9.44. The van der Waals surface area contributed by atoms with Gasteiger partial charge in [0.1, 0.15) is 22.3 Å². The van der Waals surface area contributed by atoms with E-state index in [0.717, 1.165) is 83.1 Å². The standard InChI is InChI=1S/C32H22NO2.C14H14N.Ir/c1-19(2)27-31-29(22-12-6-8-14-25(22)34-31)28(30-23-13-7-9-15-26(23)35-32(27)30)21-16-17-33-24(18-21)20-10-4-3-5-11-20;1-10-4-6-13(7-5-10)14-8-11(2)12(3)9-15-14;/h3-10,12-19H,1-2H3;4-6,8-9H,1-3H3;/q2*-1;. The number of hydrogen-bond donors (Lipinski definition) is 0. The van der Waals surface area contributed by atoms with Crippen molar-refractivity contribution in [1.29, 1.82) is 0 Å². The molecule has 0 spiro atoms. The molecule has 0 unspecified atom stereocenters. The molecule has 0 atom stereocenters. The number of fused-ring (bicyclic) bond motifs is 6. The number of rotatable bonds is 4. The second kappa shape index (κ2) is 14.1. The third-order valence-electron chi connectivity index (χ3n) is 9.41. The van der Waals surface area contributed by atoms with Crippen LogP contribution in [0.3, 0.4) is 0 Å².